The fraction of sp³-hybridized carbons (Fsp3) is 0.222. The Labute approximate surface area is 85.5 Å². The molecule has 5 nitrogen and oxygen atoms in total. The molecule has 6 heteroatoms. The van der Waals surface area contributed by atoms with E-state index in [4.69, 9.17) is 5.73 Å². The molecule has 0 aliphatic heterocycles. The molecule has 0 bridgehead atoms. The number of nitrogens with zero attached hydrogens (tertiary/aromatic N) is 3. The van der Waals surface area contributed by atoms with Crippen LogP contribution in [0.3, 0.4) is 0 Å². The summed E-state index contributed by atoms with van der Waals surface area (Å²) in [5.41, 5.74) is 6.34. The Bertz CT molecular complexity index is 428. The van der Waals surface area contributed by atoms with Gasteiger partial charge in [0.05, 0.1) is 6.04 Å². The fourth-order valence-electron chi connectivity index (χ4n) is 1.32. The van der Waals surface area contributed by atoms with E-state index in [9.17, 15) is 4.39 Å². The van der Waals surface area contributed by atoms with Crippen LogP contribution in [0.1, 0.15) is 17.4 Å². The average Bonchev–Trinajstić information content (AvgIpc) is 2.74. The number of halogens is 1. The molecule has 0 saturated heterocycles. The second-order valence-electron chi connectivity index (χ2n) is 3.17. The van der Waals surface area contributed by atoms with Crippen molar-refractivity contribution < 1.29 is 4.39 Å². The van der Waals surface area contributed by atoms with Gasteiger partial charge in [0.15, 0.2) is 5.82 Å². The van der Waals surface area contributed by atoms with E-state index in [-0.39, 0.29) is 5.82 Å². The molecule has 1 atom stereocenters. The second kappa shape index (κ2) is 4.14. The van der Waals surface area contributed by atoms with Crippen molar-refractivity contribution in [1.29, 1.82) is 0 Å². The first kappa shape index (κ1) is 9.72. The van der Waals surface area contributed by atoms with Crippen LogP contribution in [-0.2, 0) is 6.42 Å². The van der Waals surface area contributed by atoms with E-state index in [0.717, 1.165) is 0 Å². The highest BCUT2D eigenvalue weighted by Crippen LogP contribution is 2.14. The van der Waals surface area contributed by atoms with Crippen molar-refractivity contribution in [2.24, 2.45) is 5.73 Å². The average molecular weight is 207 g/mol. The molecule has 2 aromatic rings. The molecule has 0 saturated carbocycles. The van der Waals surface area contributed by atoms with Gasteiger partial charge in [-0.25, -0.2) is 4.39 Å². The van der Waals surface area contributed by atoms with Crippen LogP contribution in [0.4, 0.5) is 4.39 Å². The molecule has 0 unspecified atom stereocenters. The zero-order valence-electron chi connectivity index (χ0n) is 7.89. The number of benzene rings is 1. The molecule has 0 amide bonds. The molecule has 1 heterocycles. The van der Waals surface area contributed by atoms with Crippen LogP contribution in [0, 0.1) is 5.82 Å². The molecule has 0 spiro atoms. The molecule has 2 rings (SSSR count). The van der Waals surface area contributed by atoms with Gasteiger partial charge in [-0.15, -0.1) is 10.2 Å². The molecular weight excluding hydrogens is 197 g/mol. The molecule has 78 valence electrons. The van der Waals surface area contributed by atoms with E-state index in [1.54, 1.807) is 18.2 Å². The molecule has 0 fully saturated rings. The number of rotatable bonds is 3. The Hall–Kier alpha value is -1.82. The summed E-state index contributed by atoms with van der Waals surface area (Å²) in [7, 11) is 0. The minimum Gasteiger partial charge on any atom is -0.321 e. The van der Waals surface area contributed by atoms with Crippen LogP contribution >= 0.6 is 0 Å². The minimum atomic E-state index is -0.444. The van der Waals surface area contributed by atoms with E-state index in [1.165, 1.54) is 6.07 Å². The molecule has 0 radical (unpaired) electrons. The zero-order valence-corrected chi connectivity index (χ0v) is 7.89. The van der Waals surface area contributed by atoms with Crippen LogP contribution in [0.25, 0.3) is 0 Å². The maximum atomic E-state index is 13.3. The summed E-state index contributed by atoms with van der Waals surface area (Å²) >= 11 is 0. The van der Waals surface area contributed by atoms with Gasteiger partial charge in [-0.05, 0) is 18.1 Å². The Morgan fingerprint density at radius 3 is 2.87 bits per heavy atom. The van der Waals surface area contributed by atoms with E-state index >= 15 is 0 Å². The van der Waals surface area contributed by atoms with Crippen molar-refractivity contribution in [3.8, 4) is 0 Å². The summed E-state index contributed by atoms with van der Waals surface area (Å²) in [6, 6.07) is 6.05. The van der Waals surface area contributed by atoms with Gasteiger partial charge in [0, 0.05) is 0 Å². The number of H-pyrrole nitrogens is 1. The number of aromatic amines is 1. The summed E-state index contributed by atoms with van der Waals surface area (Å²) < 4.78 is 13.3. The Morgan fingerprint density at radius 2 is 2.20 bits per heavy atom. The van der Waals surface area contributed by atoms with Gasteiger partial charge in [-0.1, -0.05) is 23.4 Å². The quantitative estimate of drug-likeness (QED) is 0.771. The standard InChI is InChI=1S/C9H10FN5/c10-7-4-2-1-3-6(7)5-8(11)9-12-14-15-13-9/h1-4,8H,5,11H2,(H,12,13,14,15)/t8-/m1/s1. The van der Waals surface area contributed by atoms with Crippen molar-refractivity contribution >= 4 is 0 Å². The van der Waals surface area contributed by atoms with Crippen LogP contribution < -0.4 is 5.73 Å². The largest absolute Gasteiger partial charge is 0.321 e. The van der Waals surface area contributed by atoms with E-state index in [0.29, 0.717) is 17.8 Å². The summed E-state index contributed by atoms with van der Waals surface area (Å²) in [6.45, 7) is 0. The van der Waals surface area contributed by atoms with Crippen LogP contribution in [0.5, 0.6) is 0 Å². The number of hydrogen-bond donors (Lipinski definition) is 2. The predicted octanol–water partition coefficient (Wildman–Crippen LogP) is 0.581. The van der Waals surface area contributed by atoms with Gasteiger partial charge in [0.2, 0.25) is 0 Å². The first-order valence-corrected chi connectivity index (χ1v) is 4.49. The van der Waals surface area contributed by atoms with Crippen LogP contribution in [-0.4, -0.2) is 20.6 Å². The first-order valence-electron chi connectivity index (χ1n) is 4.49. The third-order valence-corrected chi connectivity index (χ3v) is 2.09. The van der Waals surface area contributed by atoms with E-state index in [1.807, 2.05) is 0 Å². The lowest BCUT2D eigenvalue weighted by molar-refractivity contribution is 0.585. The third-order valence-electron chi connectivity index (χ3n) is 2.09. The lowest BCUT2D eigenvalue weighted by Gasteiger charge is -2.07. The van der Waals surface area contributed by atoms with Crippen molar-refractivity contribution in [2.75, 3.05) is 0 Å². The normalized spacial score (nSPS) is 12.7. The topological polar surface area (TPSA) is 80.5 Å². The summed E-state index contributed by atoms with van der Waals surface area (Å²) in [6.07, 6.45) is 0.353. The highest BCUT2D eigenvalue weighted by atomic mass is 19.1. The number of hydrogen-bond acceptors (Lipinski definition) is 4. The van der Waals surface area contributed by atoms with Gasteiger partial charge >= 0.3 is 0 Å². The lowest BCUT2D eigenvalue weighted by atomic mass is 10.1. The van der Waals surface area contributed by atoms with E-state index < -0.39 is 6.04 Å². The molecule has 0 aliphatic rings. The van der Waals surface area contributed by atoms with Crippen LogP contribution in [0.2, 0.25) is 0 Å². The van der Waals surface area contributed by atoms with Crippen molar-refractivity contribution in [3.05, 3.63) is 41.5 Å². The van der Waals surface area contributed by atoms with Crippen molar-refractivity contribution in [1.82, 2.24) is 20.6 Å². The van der Waals surface area contributed by atoms with Crippen molar-refractivity contribution in [3.63, 3.8) is 0 Å². The Kier molecular flexibility index (Phi) is 2.68. The summed E-state index contributed by atoms with van der Waals surface area (Å²) in [4.78, 5) is 0. The highest BCUT2D eigenvalue weighted by molar-refractivity contribution is 5.19. The predicted molar refractivity (Wildman–Crippen MR) is 51.2 cm³/mol. The maximum absolute atomic E-state index is 13.3. The minimum absolute atomic E-state index is 0.267. The summed E-state index contributed by atoms with van der Waals surface area (Å²) in [5, 5.41) is 13.2. The number of tetrazole rings is 1. The van der Waals surface area contributed by atoms with Gasteiger partial charge in [-0.3, -0.25) is 0 Å². The smallest absolute Gasteiger partial charge is 0.191 e. The Morgan fingerprint density at radius 1 is 1.40 bits per heavy atom. The highest BCUT2D eigenvalue weighted by Gasteiger charge is 2.13. The molecule has 15 heavy (non-hydrogen) atoms. The van der Waals surface area contributed by atoms with Gasteiger partial charge in [0.25, 0.3) is 0 Å². The van der Waals surface area contributed by atoms with Crippen LogP contribution in [0.15, 0.2) is 24.3 Å². The molecular formula is C9H10FN5. The number of nitrogens with one attached hydrogen (secondary N) is 1. The molecule has 0 aliphatic carbocycles. The van der Waals surface area contributed by atoms with Gasteiger partial charge in [0.1, 0.15) is 5.82 Å². The van der Waals surface area contributed by atoms with E-state index in [2.05, 4.69) is 20.6 Å². The fourth-order valence-corrected chi connectivity index (χ4v) is 1.32. The van der Waals surface area contributed by atoms with Gasteiger partial charge in [-0.2, -0.15) is 5.21 Å². The van der Waals surface area contributed by atoms with Crippen molar-refractivity contribution in [2.45, 2.75) is 12.5 Å². The molecule has 1 aromatic heterocycles. The monoisotopic (exact) mass is 207 g/mol. The Balaban J connectivity index is 2.13. The lowest BCUT2D eigenvalue weighted by Crippen LogP contribution is -2.15. The molecule has 3 N–H and O–H groups in total. The summed E-state index contributed by atoms with van der Waals surface area (Å²) in [5.74, 6) is 0.120. The first-order chi connectivity index (χ1) is 7.27. The third kappa shape index (κ3) is 2.16. The SMILES string of the molecule is N[C@H](Cc1ccccc1F)c1nn[nH]n1. The second-order valence-corrected chi connectivity index (χ2v) is 3.17. The molecule has 1 aromatic carbocycles. The number of nitrogens with two attached hydrogens (primary N) is 1. The zero-order chi connectivity index (χ0) is 10.7. The number of aromatic nitrogens is 4. The maximum Gasteiger partial charge on any atom is 0.191 e. The van der Waals surface area contributed by atoms with Gasteiger partial charge < -0.3 is 5.73 Å².